The van der Waals surface area contributed by atoms with Gasteiger partial charge in [-0.3, -0.25) is 11.3 Å². The van der Waals surface area contributed by atoms with Crippen molar-refractivity contribution in [1.29, 1.82) is 0 Å². The Balaban J connectivity index is 2.26. The summed E-state index contributed by atoms with van der Waals surface area (Å²) in [5.41, 5.74) is 3.68. The molecule has 1 aromatic carbocycles. The topological polar surface area (TPSA) is 73.1 Å². The molecule has 1 unspecified atom stereocenters. The maximum absolute atomic E-state index is 13.7. The number of hydrazine groups is 1. The maximum atomic E-state index is 13.7. The molecule has 0 bridgehead atoms. The van der Waals surface area contributed by atoms with E-state index < -0.39 is 0 Å². The summed E-state index contributed by atoms with van der Waals surface area (Å²) in [4.78, 5) is 8.03. The van der Waals surface area contributed by atoms with Gasteiger partial charge in [-0.1, -0.05) is 11.6 Å². The van der Waals surface area contributed by atoms with Crippen LogP contribution in [0.3, 0.4) is 0 Å². The minimum absolute atomic E-state index is 0.309. The van der Waals surface area contributed by atoms with Gasteiger partial charge in [0.15, 0.2) is 0 Å². The lowest BCUT2D eigenvalue weighted by atomic mass is 10.0. The summed E-state index contributed by atoms with van der Waals surface area (Å²) in [5.74, 6) is 5.61. The predicted molar refractivity (Wildman–Crippen MR) is 73.8 cm³/mol. The summed E-state index contributed by atoms with van der Waals surface area (Å²) in [6, 6.07) is 5.66. The Labute approximate surface area is 120 Å². The first-order chi connectivity index (χ1) is 9.63. The van der Waals surface area contributed by atoms with Crippen LogP contribution in [0.4, 0.5) is 4.39 Å². The van der Waals surface area contributed by atoms with Crippen molar-refractivity contribution in [2.75, 3.05) is 7.11 Å². The van der Waals surface area contributed by atoms with Gasteiger partial charge in [-0.15, -0.1) is 0 Å². The summed E-state index contributed by atoms with van der Waals surface area (Å²) in [6.07, 6.45) is 1.68. The zero-order chi connectivity index (χ0) is 14.5. The van der Waals surface area contributed by atoms with E-state index in [0.29, 0.717) is 28.6 Å². The number of aromatic nitrogens is 2. The van der Waals surface area contributed by atoms with E-state index in [2.05, 4.69) is 15.4 Å². The molecule has 106 valence electrons. The summed E-state index contributed by atoms with van der Waals surface area (Å²) in [5, 5.41) is 0.470. The molecule has 7 heteroatoms. The second-order valence-electron chi connectivity index (χ2n) is 4.14. The van der Waals surface area contributed by atoms with Crippen molar-refractivity contribution >= 4 is 11.6 Å². The number of hydrogen-bond donors (Lipinski definition) is 2. The van der Waals surface area contributed by atoms with E-state index in [0.717, 1.165) is 0 Å². The zero-order valence-electron chi connectivity index (χ0n) is 10.8. The number of nitrogens with one attached hydrogen (secondary N) is 1. The molecule has 0 saturated heterocycles. The molecule has 0 aliphatic heterocycles. The Bertz CT molecular complexity index is 596. The first-order valence-corrected chi connectivity index (χ1v) is 6.28. The largest absolute Gasteiger partial charge is 0.481 e. The third-order valence-electron chi connectivity index (χ3n) is 2.86. The summed E-state index contributed by atoms with van der Waals surface area (Å²) in [7, 11) is 1.51. The van der Waals surface area contributed by atoms with Crippen molar-refractivity contribution in [3.63, 3.8) is 0 Å². The van der Waals surface area contributed by atoms with E-state index in [1.807, 2.05) is 0 Å². The van der Waals surface area contributed by atoms with Crippen molar-refractivity contribution in [2.45, 2.75) is 12.5 Å². The SMILES string of the molecule is COc1cc(C(Cc2cc(Cl)ccc2F)NN)ncn1. The van der Waals surface area contributed by atoms with Crippen molar-refractivity contribution < 1.29 is 9.13 Å². The molecule has 2 aromatic rings. The molecule has 0 fully saturated rings. The Morgan fingerprint density at radius 3 is 2.90 bits per heavy atom. The van der Waals surface area contributed by atoms with Gasteiger partial charge in [0.05, 0.1) is 18.8 Å². The number of methoxy groups -OCH3 is 1. The standard InChI is InChI=1S/C13H14ClFN4O/c1-20-13-6-11(17-7-18-13)12(19-16)5-8-4-9(14)2-3-10(8)15/h2-4,6-7,12,19H,5,16H2,1H3. The molecule has 0 radical (unpaired) electrons. The highest BCUT2D eigenvalue weighted by atomic mass is 35.5. The quantitative estimate of drug-likeness (QED) is 0.652. The highest BCUT2D eigenvalue weighted by Gasteiger charge is 2.16. The van der Waals surface area contributed by atoms with Gasteiger partial charge in [-0.05, 0) is 30.2 Å². The number of hydrogen-bond acceptors (Lipinski definition) is 5. The Morgan fingerprint density at radius 2 is 2.20 bits per heavy atom. The van der Waals surface area contributed by atoms with Crippen LogP contribution in [0.2, 0.25) is 5.02 Å². The number of rotatable bonds is 5. The van der Waals surface area contributed by atoms with Gasteiger partial charge < -0.3 is 4.74 Å². The monoisotopic (exact) mass is 296 g/mol. The molecule has 0 spiro atoms. The van der Waals surface area contributed by atoms with E-state index in [4.69, 9.17) is 22.2 Å². The number of halogens is 2. The molecule has 0 amide bonds. The fraction of sp³-hybridized carbons (Fsp3) is 0.231. The van der Waals surface area contributed by atoms with Crippen LogP contribution < -0.4 is 16.0 Å². The van der Waals surface area contributed by atoms with Gasteiger partial charge in [-0.25, -0.2) is 14.4 Å². The Hall–Kier alpha value is -1.76. The smallest absolute Gasteiger partial charge is 0.216 e. The average Bonchev–Trinajstić information content (AvgIpc) is 2.48. The average molecular weight is 297 g/mol. The van der Waals surface area contributed by atoms with Crippen molar-refractivity contribution in [1.82, 2.24) is 15.4 Å². The molecule has 5 nitrogen and oxygen atoms in total. The molecule has 1 atom stereocenters. The van der Waals surface area contributed by atoms with E-state index in [9.17, 15) is 4.39 Å². The van der Waals surface area contributed by atoms with Crippen LogP contribution in [-0.2, 0) is 6.42 Å². The highest BCUT2D eigenvalue weighted by Crippen LogP contribution is 2.22. The maximum Gasteiger partial charge on any atom is 0.216 e. The lowest BCUT2D eigenvalue weighted by molar-refractivity contribution is 0.393. The van der Waals surface area contributed by atoms with Crippen molar-refractivity contribution in [2.24, 2.45) is 5.84 Å². The minimum Gasteiger partial charge on any atom is -0.481 e. The van der Waals surface area contributed by atoms with Crippen LogP contribution in [-0.4, -0.2) is 17.1 Å². The molecule has 0 aliphatic rings. The van der Waals surface area contributed by atoms with Gasteiger partial charge in [0.1, 0.15) is 12.1 Å². The summed E-state index contributed by atoms with van der Waals surface area (Å²) >= 11 is 5.87. The van der Waals surface area contributed by atoms with Crippen molar-refractivity contribution in [3.8, 4) is 5.88 Å². The van der Waals surface area contributed by atoms with Gasteiger partial charge in [0.2, 0.25) is 5.88 Å². The first kappa shape index (κ1) is 14.6. The molecule has 0 aliphatic carbocycles. The molecular weight excluding hydrogens is 283 g/mol. The first-order valence-electron chi connectivity index (χ1n) is 5.90. The number of nitrogens with two attached hydrogens (primary N) is 1. The van der Waals surface area contributed by atoms with Gasteiger partial charge in [0, 0.05) is 11.1 Å². The minimum atomic E-state index is -0.375. The van der Waals surface area contributed by atoms with Crippen LogP contribution in [0.15, 0.2) is 30.6 Å². The predicted octanol–water partition coefficient (Wildman–Crippen LogP) is 2.02. The third-order valence-corrected chi connectivity index (χ3v) is 3.10. The molecule has 3 N–H and O–H groups in total. The molecule has 0 saturated carbocycles. The Kier molecular flexibility index (Phi) is 4.84. The Morgan fingerprint density at radius 1 is 1.40 bits per heavy atom. The molecule has 20 heavy (non-hydrogen) atoms. The molecule has 1 aromatic heterocycles. The van der Waals surface area contributed by atoms with Crippen molar-refractivity contribution in [3.05, 3.63) is 52.7 Å². The third kappa shape index (κ3) is 3.41. The molecular formula is C13H14ClFN4O. The van der Waals surface area contributed by atoms with E-state index in [1.54, 1.807) is 12.1 Å². The zero-order valence-corrected chi connectivity index (χ0v) is 11.6. The second kappa shape index (κ2) is 6.60. The summed E-state index contributed by atoms with van der Waals surface area (Å²) in [6.45, 7) is 0. The van der Waals surface area contributed by atoms with Gasteiger partial charge in [0.25, 0.3) is 0 Å². The van der Waals surface area contributed by atoms with Gasteiger partial charge >= 0.3 is 0 Å². The number of ether oxygens (including phenoxy) is 1. The number of benzene rings is 1. The van der Waals surface area contributed by atoms with Crippen LogP contribution >= 0.6 is 11.6 Å². The molecule has 1 heterocycles. The second-order valence-corrected chi connectivity index (χ2v) is 4.58. The van der Waals surface area contributed by atoms with Crippen LogP contribution in [0, 0.1) is 5.82 Å². The van der Waals surface area contributed by atoms with E-state index >= 15 is 0 Å². The number of nitrogens with zero attached hydrogens (tertiary/aromatic N) is 2. The van der Waals surface area contributed by atoms with Crippen LogP contribution in [0.1, 0.15) is 17.3 Å². The van der Waals surface area contributed by atoms with Gasteiger partial charge in [-0.2, -0.15) is 0 Å². The van der Waals surface area contributed by atoms with Crippen LogP contribution in [0.25, 0.3) is 0 Å². The van der Waals surface area contributed by atoms with E-state index in [1.165, 1.54) is 25.6 Å². The fourth-order valence-corrected chi connectivity index (χ4v) is 2.02. The summed E-state index contributed by atoms with van der Waals surface area (Å²) < 4.78 is 18.8. The fourth-order valence-electron chi connectivity index (χ4n) is 1.82. The normalized spacial score (nSPS) is 12.2. The molecule has 2 rings (SSSR count). The van der Waals surface area contributed by atoms with E-state index in [-0.39, 0.29) is 11.9 Å². The van der Waals surface area contributed by atoms with Crippen LogP contribution in [0.5, 0.6) is 5.88 Å². The lowest BCUT2D eigenvalue weighted by Crippen LogP contribution is -2.30. The lowest BCUT2D eigenvalue weighted by Gasteiger charge is -2.16. The highest BCUT2D eigenvalue weighted by molar-refractivity contribution is 6.30.